The minimum absolute atomic E-state index is 0.810. The molecule has 29 heavy (non-hydrogen) atoms. The lowest BCUT2D eigenvalue weighted by atomic mass is 10.0. The molecular weight excluding hydrogens is 352 g/mol. The van der Waals surface area contributed by atoms with Crippen LogP contribution in [0.15, 0.2) is 72.8 Å². The second-order valence-electron chi connectivity index (χ2n) is 6.89. The average molecular weight is 379 g/mol. The van der Waals surface area contributed by atoms with E-state index in [-0.39, 0.29) is 0 Å². The molecule has 0 bridgehead atoms. The lowest BCUT2D eigenvalue weighted by Gasteiger charge is -2.04. The van der Waals surface area contributed by atoms with Gasteiger partial charge in [0.15, 0.2) is 0 Å². The normalized spacial score (nSPS) is 9.72. The van der Waals surface area contributed by atoms with E-state index in [1.54, 1.807) is 7.11 Å². The van der Waals surface area contributed by atoms with Crippen LogP contribution in [-0.2, 0) is 6.42 Å². The number of hydrogen-bond donors (Lipinski definition) is 0. The van der Waals surface area contributed by atoms with Crippen molar-refractivity contribution in [3.63, 3.8) is 0 Å². The van der Waals surface area contributed by atoms with Crippen molar-refractivity contribution in [2.75, 3.05) is 7.11 Å². The second-order valence-corrected chi connectivity index (χ2v) is 6.89. The van der Waals surface area contributed by atoms with E-state index in [4.69, 9.17) is 4.74 Å². The van der Waals surface area contributed by atoms with E-state index in [0.717, 1.165) is 29.7 Å². The Morgan fingerprint density at radius 2 is 1.24 bits per heavy atom. The maximum Gasteiger partial charge on any atom is 0.118 e. The van der Waals surface area contributed by atoms with Gasteiger partial charge in [-0.05, 0) is 59.5 Å². The highest BCUT2D eigenvalue weighted by atomic mass is 16.5. The summed E-state index contributed by atoms with van der Waals surface area (Å²) in [6.07, 6.45) is 4.19. The smallest absolute Gasteiger partial charge is 0.118 e. The fraction of sp³-hybridized carbons (Fsp3) is 0.214. The molecule has 144 valence electrons. The van der Waals surface area contributed by atoms with Crippen molar-refractivity contribution in [3.8, 4) is 40.6 Å². The summed E-state index contributed by atoms with van der Waals surface area (Å²) >= 11 is 0. The first-order valence-corrected chi connectivity index (χ1v) is 10.1. The summed E-state index contributed by atoms with van der Waals surface area (Å²) in [4.78, 5) is 0. The summed E-state index contributed by atoms with van der Waals surface area (Å²) in [5.74, 6) is 13.8. The molecule has 0 aromatic heterocycles. The van der Waals surface area contributed by atoms with Crippen LogP contribution in [0.2, 0.25) is 0 Å². The lowest BCUT2D eigenvalue weighted by molar-refractivity contribution is 0.415. The number of methoxy groups -OCH3 is 1. The van der Waals surface area contributed by atoms with Crippen LogP contribution in [-0.4, -0.2) is 7.11 Å². The summed E-state index contributed by atoms with van der Waals surface area (Å²) < 4.78 is 5.21. The number of ether oxygens (including phenoxy) is 1. The van der Waals surface area contributed by atoms with Gasteiger partial charge in [0.2, 0.25) is 0 Å². The molecule has 3 aromatic carbocycles. The average Bonchev–Trinajstić information content (AvgIpc) is 2.79. The van der Waals surface area contributed by atoms with Crippen molar-refractivity contribution >= 4 is 0 Å². The van der Waals surface area contributed by atoms with Gasteiger partial charge in [-0.2, -0.15) is 0 Å². The van der Waals surface area contributed by atoms with Crippen LogP contribution >= 0.6 is 0 Å². The van der Waals surface area contributed by atoms with Gasteiger partial charge in [0, 0.05) is 24.0 Å². The summed E-state index contributed by atoms with van der Waals surface area (Å²) in [7, 11) is 1.68. The molecule has 0 N–H and O–H groups in total. The largest absolute Gasteiger partial charge is 0.497 e. The summed E-state index contributed by atoms with van der Waals surface area (Å²) in [6, 6.07) is 24.8. The van der Waals surface area contributed by atoms with Gasteiger partial charge in [0.25, 0.3) is 0 Å². The topological polar surface area (TPSA) is 9.23 Å². The van der Waals surface area contributed by atoms with Crippen LogP contribution in [0.1, 0.15) is 42.9 Å². The highest BCUT2D eigenvalue weighted by Gasteiger charge is 1.98. The van der Waals surface area contributed by atoms with E-state index in [9.17, 15) is 0 Å². The Hall–Kier alpha value is -3.42. The molecule has 0 heterocycles. The Balaban J connectivity index is 1.61. The van der Waals surface area contributed by atoms with Crippen molar-refractivity contribution in [3.05, 3.63) is 89.5 Å². The lowest BCUT2D eigenvalue weighted by Crippen LogP contribution is -1.84. The van der Waals surface area contributed by atoms with Crippen molar-refractivity contribution in [2.24, 2.45) is 0 Å². The van der Waals surface area contributed by atoms with E-state index < -0.39 is 0 Å². The SMILES string of the molecule is CCCCC#CCc1ccc(C#Cc2ccc(-c3ccc(OC)cc3)cc2)cc1. The fourth-order valence-corrected chi connectivity index (χ4v) is 2.90. The van der Waals surface area contributed by atoms with Crippen LogP contribution in [0, 0.1) is 23.7 Å². The molecule has 0 amide bonds. The van der Waals surface area contributed by atoms with Crippen molar-refractivity contribution in [1.82, 2.24) is 0 Å². The Morgan fingerprint density at radius 3 is 1.79 bits per heavy atom. The van der Waals surface area contributed by atoms with E-state index in [2.05, 4.69) is 91.3 Å². The Labute approximate surface area is 174 Å². The molecule has 0 fully saturated rings. The predicted octanol–water partition coefficient (Wildman–Crippen LogP) is 6.50. The zero-order valence-corrected chi connectivity index (χ0v) is 17.2. The van der Waals surface area contributed by atoms with E-state index in [1.165, 1.54) is 29.5 Å². The molecule has 0 atom stereocenters. The molecule has 0 aliphatic carbocycles. The van der Waals surface area contributed by atoms with Gasteiger partial charge in [0.05, 0.1) is 7.11 Å². The summed E-state index contributed by atoms with van der Waals surface area (Å²) in [5.41, 5.74) is 5.60. The molecule has 1 nitrogen and oxygen atoms in total. The fourth-order valence-electron chi connectivity index (χ4n) is 2.90. The number of hydrogen-bond acceptors (Lipinski definition) is 1. The molecule has 0 spiro atoms. The van der Waals surface area contributed by atoms with Crippen LogP contribution < -0.4 is 4.74 Å². The number of rotatable bonds is 5. The first-order valence-electron chi connectivity index (χ1n) is 10.1. The monoisotopic (exact) mass is 378 g/mol. The van der Waals surface area contributed by atoms with E-state index >= 15 is 0 Å². The van der Waals surface area contributed by atoms with E-state index in [1.807, 2.05) is 12.1 Å². The minimum Gasteiger partial charge on any atom is -0.497 e. The maximum atomic E-state index is 5.21. The van der Waals surface area contributed by atoms with E-state index in [0.29, 0.717) is 0 Å². The first-order chi connectivity index (χ1) is 14.3. The molecule has 0 saturated carbocycles. The third-order valence-corrected chi connectivity index (χ3v) is 4.69. The van der Waals surface area contributed by atoms with Gasteiger partial charge < -0.3 is 4.74 Å². The third kappa shape index (κ3) is 6.31. The molecule has 3 aromatic rings. The predicted molar refractivity (Wildman–Crippen MR) is 122 cm³/mol. The molecule has 0 aliphatic rings. The van der Waals surface area contributed by atoms with Gasteiger partial charge >= 0.3 is 0 Å². The first kappa shape index (κ1) is 20.3. The Morgan fingerprint density at radius 1 is 0.690 bits per heavy atom. The number of benzene rings is 3. The molecule has 0 aliphatic heterocycles. The highest BCUT2D eigenvalue weighted by molar-refractivity contribution is 5.65. The van der Waals surface area contributed by atoms with Crippen LogP contribution in [0.25, 0.3) is 11.1 Å². The maximum absolute atomic E-state index is 5.21. The van der Waals surface area contributed by atoms with Crippen LogP contribution in [0.4, 0.5) is 0 Å². The zero-order chi connectivity index (χ0) is 20.3. The van der Waals surface area contributed by atoms with Crippen molar-refractivity contribution < 1.29 is 4.74 Å². The molecule has 3 rings (SSSR count). The summed E-state index contributed by atoms with van der Waals surface area (Å²) in [6.45, 7) is 2.19. The Bertz CT molecular complexity index is 1020. The van der Waals surface area contributed by atoms with Gasteiger partial charge in [-0.15, -0.1) is 5.92 Å². The minimum atomic E-state index is 0.810. The van der Waals surface area contributed by atoms with Crippen molar-refractivity contribution in [2.45, 2.75) is 32.6 Å². The van der Waals surface area contributed by atoms with Crippen LogP contribution in [0.5, 0.6) is 5.75 Å². The molecule has 0 unspecified atom stereocenters. The van der Waals surface area contributed by atoms with Gasteiger partial charge in [0.1, 0.15) is 5.75 Å². The quantitative estimate of drug-likeness (QED) is 0.364. The van der Waals surface area contributed by atoms with Gasteiger partial charge in [-0.3, -0.25) is 0 Å². The third-order valence-electron chi connectivity index (χ3n) is 4.69. The molecule has 0 saturated heterocycles. The second kappa shape index (κ2) is 10.8. The standard InChI is InChI=1S/C28H26O/c1-3-4-5-6-7-8-23-9-11-24(12-10-23)13-14-25-15-17-26(18-16-25)27-19-21-28(29-2)22-20-27/h9-12,15-22H,3-5,8H2,1-2H3. The van der Waals surface area contributed by atoms with Gasteiger partial charge in [-0.1, -0.05) is 67.5 Å². The molecular formula is C28H26O. The van der Waals surface area contributed by atoms with Crippen molar-refractivity contribution in [1.29, 1.82) is 0 Å². The Kier molecular flexibility index (Phi) is 7.56. The van der Waals surface area contributed by atoms with Crippen LogP contribution in [0.3, 0.4) is 0 Å². The molecule has 1 heteroatoms. The number of unbranched alkanes of at least 4 members (excludes halogenated alkanes) is 2. The van der Waals surface area contributed by atoms with Gasteiger partial charge in [-0.25, -0.2) is 0 Å². The summed E-state index contributed by atoms with van der Waals surface area (Å²) in [5, 5.41) is 0. The zero-order valence-electron chi connectivity index (χ0n) is 17.2. The highest BCUT2D eigenvalue weighted by Crippen LogP contribution is 2.22. The molecule has 0 radical (unpaired) electrons.